The fourth-order valence-electron chi connectivity index (χ4n) is 9.14. The lowest BCUT2D eigenvalue weighted by Crippen LogP contribution is -2.00. The van der Waals surface area contributed by atoms with E-state index in [1.165, 1.54) is 74.1 Å². The van der Waals surface area contributed by atoms with Gasteiger partial charge >= 0.3 is 0 Å². The van der Waals surface area contributed by atoms with E-state index in [2.05, 4.69) is 179 Å². The number of rotatable bonds is 6. The molecule has 7 heteroatoms. The number of aromatic nitrogens is 5. The van der Waals surface area contributed by atoms with Gasteiger partial charge in [0.15, 0.2) is 17.5 Å². The fourth-order valence-corrected chi connectivity index (χ4v) is 11.4. The largest absolute Gasteiger partial charge is 0.309 e. The molecule has 0 N–H and O–H groups in total. The van der Waals surface area contributed by atoms with Crippen molar-refractivity contribution in [1.82, 2.24) is 24.5 Å². The fraction of sp³-hybridized carbons (Fsp3) is 0. The smallest absolute Gasteiger partial charge is 0.164 e. The summed E-state index contributed by atoms with van der Waals surface area (Å²) in [6.45, 7) is 0. The maximum atomic E-state index is 5.16. The summed E-state index contributed by atoms with van der Waals surface area (Å²) in [6.07, 6.45) is 3.88. The maximum absolute atomic E-state index is 5.16. The molecule has 0 bridgehead atoms. The van der Waals surface area contributed by atoms with Crippen molar-refractivity contribution in [3.63, 3.8) is 0 Å². The summed E-state index contributed by atoms with van der Waals surface area (Å²) in [7, 11) is 0. The second-order valence-electron chi connectivity index (χ2n) is 15.9. The molecular weight excluding hydrogens is 807 g/mol. The van der Waals surface area contributed by atoms with Gasteiger partial charge < -0.3 is 4.57 Å². The van der Waals surface area contributed by atoms with Crippen LogP contribution in [0.5, 0.6) is 0 Å². The van der Waals surface area contributed by atoms with E-state index >= 15 is 0 Å². The van der Waals surface area contributed by atoms with Crippen molar-refractivity contribution in [1.29, 1.82) is 0 Å². The summed E-state index contributed by atoms with van der Waals surface area (Å²) in [4.78, 5) is 19.8. The maximum Gasteiger partial charge on any atom is 0.164 e. The first-order valence-electron chi connectivity index (χ1n) is 20.9. The normalized spacial score (nSPS) is 11.8. The minimum Gasteiger partial charge on any atom is -0.309 e. The van der Waals surface area contributed by atoms with Crippen LogP contribution in [0, 0.1) is 0 Å². The van der Waals surface area contributed by atoms with Crippen molar-refractivity contribution in [2.24, 2.45) is 0 Å². The standard InChI is InChI=1S/C56H33N5S2/c1-3-11-34(12-4-1)38-23-25-49-45(29-38)41-15-7-9-17-48(41)61(49)40-31-44(53-47(32-40)43-27-28-57-33-52(43)63-53)35-19-21-37(22-20-35)55-58-54(36-13-5-2-6-14-36)59-56(60-55)39-24-26-51-46(30-39)42-16-8-10-18-50(42)62-51/h1-33H. The number of hydrogen-bond donors (Lipinski definition) is 0. The van der Waals surface area contributed by atoms with Crippen LogP contribution in [0.1, 0.15) is 0 Å². The molecule has 5 aromatic heterocycles. The lowest BCUT2D eigenvalue weighted by atomic mass is 10.00. The quantitative estimate of drug-likeness (QED) is 0.167. The Morgan fingerprint density at radius 2 is 0.937 bits per heavy atom. The van der Waals surface area contributed by atoms with Crippen molar-refractivity contribution >= 4 is 84.8 Å². The average molecular weight is 840 g/mol. The first kappa shape index (κ1) is 35.9. The van der Waals surface area contributed by atoms with Crippen LogP contribution in [0.25, 0.3) is 124 Å². The van der Waals surface area contributed by atoms with Gasteiger partial charge in [-0.25, -0.2) is 15.0 Å². The second-order valence-corrected chi connectivity index (χ2v) is 18.0. The van der Waals surface area contributed by atoms with Gasteiger partial charge in [0.05, 0.1) is 15.7 Å². The number of fused-ring (bicyclic) bond motifs is 9. The highest BCUT2D eigenvalue weighted by molar-refractivity contribution is 7.26. The van der Waals surface area contributed by atoms with Crippen molar-refractivity contribution in [3.05, 3.63) is 200 Å². The Balaban J connectivity index is 0.967. The van der Waals surface area contributed by atoms with Crippen LogP contribution in [-0.2, 0) is 0 Å². The van der Waals surface area contributed by atoms with E-state index in [1.54, 1.807) is 11.3 Å². The molecule has 5 nitrogen and oxygen atoms in total. The van der Waals surface area contributed by atoms with Gasteiger partial charge in [-0.1, -0.05) is 127 Å². The van der Waals surface area contributed by atoms with E-state index in [0.717, 1.165) is 32.6 Å². The Morgan fingerprint density at radius 1 is 0.349 bits per heavy atom. The molecule has 0 spiro atoms. The van der Waals surface area contributed by atoms with Gasteiger partial charge in [0, 0.05) is 86.8 Å². The molecule has 13 rings (SSSR count). The summed E-state index contributed by atoms with van der Waals surface area (Å²) in [5.41, 5.74) is 11.0. The predicted molar refractivity (Wildman–Crippen MR) is 265 cm³/mol. The summed E-state index contributed by atoms with van der Waals surface area (Å²) in [5.74, 6) is 1.92. The Kier molecular flexibility index (Phi) is 8.19. The van der Waals surface area contributed by atoms with E-state index < -0.39 is 0 Å². The van der Waals surface area contributed by atoms with Crippen LogP contribution in [0.4, 0.5) is 0 Å². The topological polar surface area (TPSA) is 56.5 Å². The molecule has 0 saturated heterocycles. The summed E-state index contributed by atoms with van der Waals surface area (Å²) >= 11 is 3.60. The molecular formula is C56H33N5S2. The van der Waals surface area contributed by atoms with Gasteiger partial charge in [-0.2, -0.15) is 0 Å². The molecule has 8 aromatic carbocycles. The number of nitrogens with zero attached hydrogens (tertiary/aromatic N) is 5. The van der Waals surface area contributed by atoms with E-state index in [-0.39, 0.29) is 0 Å². The van der Waals surface area contributed by atoms with Gasteiger partial charge in [0.1, 0.15) is 0 Å². The number of benzene rings is 8. The molecule has 0 fully saturated rings. The van der Waals surface area contributed by atoms with Gasteiger partial charge in [-0.3, -0.25) is 4.98 Å². The third-order valence-electron chi connectivity index (χ3n) is 12.2. The Morgan fingerprint density at radius 3 is 1.75 bits per heavy atom. The van der Waals surface area contributed by atoms with Crippen molar-refractivity contribution in [2.75, 3.05) is 0 Å². The lowest BCUT2D eigenvalue weighted by molar-refractivity contribution is 1.07. The van der Waals surface area contributed by atoms with E-state index in [1.807, 2.05) is 41.9 Å². The van der Waals surface area contributed by atoms with Gasteiger partial charge in [-0.05, 0) is 77.4 Å². The molecule has 0 atom stereocenters. The molecule has 0 unspecified atom stereocenters. The van der Waals surface area contributed by atoms with Gasteiger partial charge in [0.25, 0.3) is 0 Å². The molecule has 0 aliphatic heterocycles. The zero-order chi connectivity index (χ0) is 41.4. The SMILES string of the molecule is c1ccc(-c2ccc3c(c2)c2ccccc2n3-c2cc(-c3ccc(-c4nc(-c5ccccc5)nc(-c5ccc6sc7ccccc7c6c5)n4)cc3)c3sc4cnccc4c3c2)cc1. The van der Waals surface area contributed by atoms with Crippen LogP contribution < -0.4 is 0 Å². The van der Waals surface area contributed by atoms with Gasteiger partial charge in [0.2, 0.25) is 0 Å². The van der Waals surface area contributed by atoms with E-state index in [9.17, 15) is 0 Å². The van der Waals surface area contributed by atoms with Crippen LogP contribution in [0.2, 0.25) is 0 Å². The zero-order valence-corrected chi connectivity index (χ0v) is 35.2. The molecule has 0 aliphatic carbocycles. The molecule has 0 saturated carbocycles. The first-order chi connectivity index (χ1) is 31.2. The monoisotopic (exact) mass is 839 g/mol. The Labute approximate surface area is 369 Å². The zero-order valence-electron chi connectivity index (χ0n) is 33.6. The summed E-state index contributed by atoms with van der Waals surface area (Å²) in [6, 6.07) is 67.1. The highest BCUT2D eigenvalue weighted by atomic mass is 32.1. The molecule has 63 heavy (non-hydrogen) atoms. The molecule has 0 amide bonds. The van der Waals surface area contributed by atoms with Crippen molar-refractivity contribution in [3.8, 4) is 62.1 Å². The Hall–Kier alpha value is -7.84. The Bertz CT molecular complexity index is 3910. The minimum atomic E-state index is 0.632. The minimum absolute atomic E-state index is 0.632. The molecule has 294 valence electrons. The lowest BCUT2D eigenvalue weighted by Gasteiger charge is -2.13. The molecule has 5 heterocycles. The second kappa shape index (κ2) is 14.4. The molecule has 13 aromatic rings. The predicted octanol–water partition coefficient (Wildman–Crippen LogP) is 15.4. The number of pyridine rings is 1. The third kappa shape index (κ3) is 5.97. The van der Waals surface area contributed by atoms with Crippen LogP contribution in [0.15, 0.2) is 200 Å². The van der Waals surface area contributed by atoms with Crippen molar-refractivity contribution in [2.45, 2.75) is 0 Å². The van der Waals surface area contributed by atoms with Crippen LogP contribution in [0.3, 0.4) is 0 Å². The van der Waals surface area contributed by atoms with Crippen LogP contribution >= 0.6 is 22.7 Å². The first-order valence-corrected chi connectivity index (χ1v) is 22.6. The highest BCUT2D eigenvalue weighted by Gasteiger charge is 2.19. The third-order valence-corrected chi connectivity index (χ3v) is 14.5. The summed E-state index contributed by atoms with van der Waals surface area (Å²) < 4.78 is 7.34. The highest BCUT2D eigenvalue weighted by Crippen LogP contribution is 2.44. The van der Waals surface area contributed by atoms with Crippen molar-refractivity contribution < 1.29 is 0 Å². The molecule has 0 radical (unpaired) electrons. The number of hydrogen-bond acceptors (Lipinski definition) is 6. The average Bonchev–Trinajstić information content (AvgIpc) is 4.03. The molecule has 0 aliphatic rings. The van der Waals surface area contributed by atoms with E-state index in [0.29, 0.717) is 17.5 Å². The van der Waals surface area contributed by atoms with Crippen LogP contribution in [-0.4, -0.2) is 24.5 Å². The number of para-hydroxylation sites is 1. The van der Waals surface area contributed by atoms with E-state index in [4.69, 9.17) is 15.0 Å². The number of thiophene rings is 2. The van der Waals surface area contributed by atoms with Gasteiger partial charge in [-0.15, -0.1) is 22.7 Å². The summed E-state index contributed by atoms with van der Waals surface area (Å²) in [5, 5.41) is 7.33.